The smallest absolute Gasteiger partial charge is 0.341 e. The Bertz CT molecular complexity index is 883. The van der Waals surface area contributed by atoms with Gasteiger partial charge in [-0.15, -0.1) is 0 Å². The van der Waals surface area contributed by atoms with Crippen molar-refractivity contribution in [1.29, 1.82) is 0 Å². The first-order valence-corrected chi connectivity index (χ1v) is 9.89. The number of halogens is 1. The van der Waals surface area contributed by atoms with Crippen molar-refractivity contribution in [3.8, 4) is 0 Å². The van der Waals surface area contributed by atoms with Crippen molar-refractivity contribution in [3.63, 3.8) is 0 Å². The minimum Gasteiger partial charge on any atom is -0.452 e. The van der Waals surface area contributed by atoms with Crippen LogP contribution in [0.1, 0.15) is 23.2 Å². The molecule has 0 radical (unpaired) electrons. The van der Waals surface area contributed by atoms with E-state index in [0.29, 0.717) is 0 Å². The number of sulfonamides is 1. The lowest BCUT2D eigenvalue weighted by Gasteiger charge is -2.17. The highest BCUT2D eigenvalue weighted by molar-refractivity contribution is 7.89. The lowest BCUT2D eigenvalue weighted by molar-refractivity contribution is -0.137. The molecule has 1 N–H and O–H groups in total. The monoisotopic (exact) mass is 415 g/mol. The predicted molar refractivity (Wildman–Crippen MR) is 96.4 cm³/mol. The second-order valence-corrected chi connectivity index (χ2v) is 8.75. The van der Waals surface area contributed by atoms with Crippen LogP contribution in [0, 0.1) is 5.82 Å². The fourth-order valence-electron chi connectivity index (χ4n) is 2.15. The molecule has 9 nitrogen and oxygen atoms in total. The van der Waals surface area contributed by atoms with E-state index in [2.05, 4.69) is 5.32 Å². The molecule has 0 heterocycles. The van der Waals surface area contributed by atoms with Crippen LogP contribution >= 0.6 is 0 Å². The molecule has 0 atom stereocenters. The van der Waals surface area contributed by atoms with Gasteiger partial charge in [-0.25, -0.2) is 21.9 Å². The molecule has 1 aliphatic carbocycles. The van der Waals surface area contributed by atoms with Gasteiger partial charge in [-0.3, -0.25) is 9.59 Å². The zero-order chi connectivity index (χ0) is 21.1. The Hall–Kier alpha value is -2.53. The first kappa shape index (κ1) is 21.8. The third-order valence-electron chi connectivity index (χ3n) is 4.01. The van der Waals surface area contributed by atoms with Crippen molar-refractivity contribution in [2.45, 2.75) is 23.8 Å². The second-order valence-electron chi connectivity index (χ2n) is 6.60. The molecule has 1 aromatic carbocycles. The van der Waals surface area contributed by atoms with Gasteiger partial charge >= 0.3 is 5.97 Å². The molecule has 1 fully saturated rings. The lowest BCUT2D eigenvalue weighted by atomic mass is 10.2. The Kier molecular flexibility index (Phi) is 6.73. The summed E-state index contributed by atoms with van der Waals surface area (Å²) >= 11 is 0. The van der Waals surface area contributed by atoms with Crippen LogP contribution in [0.3, 0.4) is 0 Å². The van der Waals surface area contributed by atoms with Gasteiger partial charge in [0.25, 0.3) is 5.91 Å². The Morgan fingerprint density at radius 3 is 2.43 bits per heavy atom. The van der Waals surface area contributed by atoms with Gasteiger partial charge in [0.1, 0.15) is 5.82 Å². The number of ether oxygens (including phenoxy) is 1. The van der Waals surface area contributed by atoms with Crippen molar-refractivity contribution in [1.82, 2.24) is 14.5 Å². The van der Waals surface area contributed by atoms with Gasteiger partial charge in [-0.1, -0.05) is 0 Å². The standard InChI is InChI=1S/C17H22FN3O6S/c1-20(2)28(25,26)12-6-7-14(18)13(8-12)17(24)27-10-16(23)21(3)9-15(22)19-11-4-5-11/h6-8,11H,4-5,9-10H2,1-3H3,(H,19,22). The zero-order valence-electron chi connectivity index (χ0n) is 15.8. The summed E-state index contributed by atoms with van der Waals surface area (Å²) in [6.45, 7) is -0.909. The molecule has 28 heavy (non-hydrogen) atoms. The number of rotatable bonds is 8. The first-order chi connectivity index (χ1) is 13.0. The van der Waals surface area contributed by atoms with Gasteiger partial charge in [0.05, 0.1) is 17.0 Å². The van der Waals surface area contributed by atoms with Crippen molar-refractivity contribution in [3.05, 3.63) is 29.6 Å². The van der Waals surface area contributed by atoms with Crippen molar-refractivity contribution < 1.29 is 31.9 Å². The van der Waals surface area contributed by atoms with E-state index in [1.165, 1.54) is 21.1 Å². The number of esters is 1. The second kappa shape index (κ2) is 8.65. The zero-order valence-corrected chi connectivity index (χ0v) is 16.6. The third-order valence-corrected chi connectivity index (χ3v) is 5.82. The third kappa shape index (κ3) is 5.49. The summed E-state index contributed by atoms with van der Waals surface area (Å²) in [6.07, 6.45) is 1.82. The number of nitrogens with one attached hydrogen (secondary N) is 1. The van der Waals surface area contributed by atoms with Crippen LogP contribution in [-0.2, 0) is 24.3 Å². The molecule has 0 spiro atoms. The largest absolute Gasteiger partial charge is 0.452 e. The van der Waals surface area contributed by atoms with Crippen molar-refractivity contribution in [2.24, 2.45) is 0 Å². The Morgan fingerprint density at radius 2 is 1.86 bits per heavy atom. The summed E-state index contributed by atoms with van der Waals surface area (Å²) in [4.78, 5) is 36.6. The van der Waals surface area contributed by atoms with Gasteiger partial charge in [0.2, 0.25) is 15.9 Å². The van der Waals surface area contributed by atoms with E-state index < -0.39 is 39.9 Å². The molecule has 1 saturated carbocycles. The Morgan fingerprint density at radius 1 is 1.21 bits per heavy atom. The average Bonchev–Trinajstić information content (AvgIpc) is 3.42. The number of hydrogen-bond acceptors (Lipinski definition) is 6. The molecule has 0 unspecified atom stereocenters. The normalized spacial score (nSPS) is 13.9. The van der Waals surface area contributed by atoms with E-state index in [1.807, 2.05) is 0 Å². The minimum absolute atomic E-state index is 0.155. The van der Waals surface area contributed by atoms with Crippen LogP contribution in [-0.4, -0.2) is 75.7 Å². The maximum atomic E-state index is 13.9. The van der Waals surface area contributed by atoms with Gasteiger partial charge in [-0.05, 0) is 31.0 Å². The average molecular weight is 415 g/mol. The lowest BCUT2D eigenvalue weighted by Crippen LogP contribution is -2.40. The minimum atomic E-state index is -3.87. The summed E-state index contributed by atoms with van der Waals surface area (Å²) in [7, 11) is 0.0874. The van der Waals surface area contributed by atoms with Gasteiger partial charge in [0, 0.05) is 27.2 Å². The molecule has 0 bridgehead atoms. The van der Waals surface area contributed by atoms with Crippen LogP contribution in [0.25, 0.3) is 0 Å². The van der Waals surface area contributed by atoms with Crippen molar-refractivity contribution >= 4 is 27.8 Å². The number of likely N-dealkylation sites (N-methyl/N-ethyl adjacent to an activating group) is 1. The van der Waals surface area contributed by atoms with Crippen LogP contribution in [0.15, 0.2) is 23.1 Å². The highest BCUT2D eigenvalue weighted by Gasteiger charge is 2.25. The highest BCUT2D eigenvalue weighted by atomic mass is 32.2. The summed E-state index contributed by atoms with van der Waals surface area (Å²) in [6, 6.07) is 2.87. The molecule has 11 heteroatoms. The van der Waals surface area contributed by atoms with E-state index in [0.717, 1.165) is 40.2 Å². The van der Waals surface area contributed by atoms with Crippen LogP contribution in [0.2, 0.25) is 0 Å². The SMILES string of the molecule is CN(CC(=O)NC1CC1)C(=O)COC(=O)c1cc(S(=O)(=O)N(C)C)ccc1F. The first-order valence-electron chi connectivity index (χ1n) is 8.45. The number of amides is 2. The van der Waals surface area contributed by atoms with E-state index in [1.54, 1.807) is 0 Å². The van der Waals surface area contributed by atoms with Gasteiger partial charge in [0.15, 0.2) is 6.61 Å². The number of carbonyl (C=O) groups excluding carboxylic acids is 3. The molecule has 2 rings (SSSR count). The molecule has 1 aliphatic rings. The molecular weight excluding hydrogens is 393 g/mol. The van der Waals surface area contributed by atoms with E-state index in [4.69, 9.17) is 4.74 Å². The van der Waals surface area contributed by atoms with Crippen LogP contribution in [0.4, 0.5) is 4.39 Å². The summed E-state index contributed by atoms with van der Waals surface area (Å²) in [5.41, 5.74) is -0.607. The Labute approximate surface area is 162 Å². The maximum absolute atomic E-state index is 13.9. The maximum Gasteiger partial charge on any atom is 0.341 e. The fourth-order valence-corrected chi connectivity index (χ4v) is 3.08. The topological polar surface area (TPSA) is 113 Å². The predicted octanol–water partition coefficient (Wildman–Crippen LogP) is -0.0302. The number of hydrogen-bond donors (Lipinski definition) is 1. The van der Waals surface area contributed by atoms with Gasteiger partial charge in [-0.2, -0.15) is 0 Å². The number of nitrogens with zero attached hydrogens (tertiary/aromatic N) is 2. The van der Waals surface area contributed by atoms with Crippen LogP contribution < -0.4 is 5.32 Å². The molecule has 0 saturated heterocycles. The van der Waals surface area contributed by atoms with E-state index in [9.17, 15) is 27.2 Å². The summed E-state index contributed by atoms with van der Waals surface area (Å²) < 4.78 is 43.9. The molecule has 0 aliphatic heterocycles. The van der Waals surface area contributed by atoms with E-state index in [-0.39, 0.29) is 23.4 Å². The quantitative estimate of drug-likeness (QED) is 0.597. The highest BCUT2D eigenvalue weighted by Crippen LogP contribution is 2.19. The molecule has 2 amide bonds. The molecule has 0 aromatic heterocycles. The number of benzene rings is 1. The molecule has 154 valence electrons. The van der Waals surface area contributed by atoms with Gasteiger partial charge < -0.3 is 15.0 Å². The summed E-state index contributed by atoms with van der Waals surface area (Å²) in [5.74, 6) is -3.14. The summed E-state index contributed by atoms with van der Waals surface area (Å²) in [5, 5.41) is 2.72. The molecule has 1 aromatic rings. The van der Waals surface area contributed by atoms with E-state index >= 15 is 0 Å². The number of carbonyl (C=O) groups is 3. The van der Waals surface area contributed by atoms with Crippen molar-refractivity contribution in [2.75, 3.05) is 34.3 Å². The Balaban J connectivity index is 1.98. The fraction of sp³-hybridized carbons (Fsp3) is 0.471. The molecular formula is C17H22FN3O6S. The van der Waals surface area contributed by atoms with Crippen LogP contribution in [0.5, 0.6) is 0 Å².